The van der Waals surface area contributed by atoms with Crippen LogP contribution in [0.2, 0.25) is 0 Å². The molecule has 7 heteroatoms. The summed E-state index contributed by atoms with van der Waals surface area (Å²) in [6, 6.07) is 1.58. The lowest BCUT2D eigenvalue weighted by Gasteiger charge is -2.23. The molecule has 2 rings (SSSR count). The summed E-state index contributed by atoms with van der Waals surface area (Å²) < 4.78 is 1.73. The summed E-state index contributed by atoms with van der Waals surface area (Å²) in [5.74, 6) is -0.168. The number of rotatable bonds is 4. The third kappa shape index (κ3) is 3.30. The van der Waals surface area contributed by atoms with Gasteiger partial charge in [-0.1, -0.05) is 0 Å². The molecule has 0 aromatic carbocycles. The van der Waals surface area contributed by atoms with E-state index in [2.05, 4.69) is 21.0 Å². The monoisotopic (exact) mass is 251 g/mol. The topological polar surface area (TPSA) is 88.0 Å². The minimum absolute atomic E-state index is 0.0764. The molecule has 1 aromatic heterocycles. The van der Waals surface area contributed by atoms with Crippen molar-refractivity contribution >= 4 is 11.8 Å². The van der Waals surface area contributed by atoms with E-state index in [1.807, 2.05) is 19.3 Å². The van der Waals surface area contributed by atoms with Crippen molar-refractivity contribution < 1.29 is 9.59 Å². The average molecular weight is 251 g/mol. The van der Waals surface area contributed by atoms with Gasteiger partial charge in [0.05, 0.1) is 12.2 Å². The van der Waals surface area contributed by atoms with E-state index in [0.29, 0.717) is 19.5 Å². The van der Waals surface area contributed by atoms with E-state index in [0.717, 1.165) is 5.69 Å². The molecule has 0 saturated carbocycles. The van der Waals surface area contributed by atoms with Crippen LogP contribution in [0.4, 0.5) is 0 Å². The predicted molar refractivity (Wildman–Crippen MR) is 64.7 cm³/mol. The van der Waals surface area contributed by atoms with Crippen LogP contribution in [0, 0.1) is 0 Å². The first kappa shape index (κ1) is 12.6. The van der Waals surface area contributed by atoms with Crippen LogP contribution < -0.4 is 16.0 Å². The van der Waals surface area contributed by atoms with Gasteiger partial charge in [0.15, 0.2) is 0 Å². The van der Waals surface area contributed by atoms with Crippen LogP contribution in [-0.4, -0.2) is 47.3 Å². The Labute approximate surface area is 105 Å². The molecule has 2 heterocycles. The quantitative estimate of drug-likeness (QED) is 0.587. The van der Waals surface area contributed by atoms with Crippen LogP contribution in [0.15, 0.2) is 12.3 Å². The normalized spacial score (nSPS) is 19.4. The van der Waals surface area contributed by atoms with Crippen LogP contribution >= 0.6 is 0 Å². The van der Waals surface area contributed by atoms with Gasteiger partial charge in [-0.3, -0.25) is 19.6 Å². The van der Waals surface area contributed by atoms with Crippen molar-refractivity contribution in [1.82, 2.24) is 25.7 Å². The number of hydrogen-bond donors (Lipinski definition) is 3. The lowest BCUT2D eigenvalue weighted by atomic mass is 10.2. The fourth-order valence-corrected chi connectivity index (χ4v) is 1.79. The molecule has 1 fully saturated rings. The molecular weight excluding hydrogens is 234 g/mol. The maximum Gasteiger partial charge on any atom is 0.238 e. The summed E-state index contributed by atoms with van der Waals surface area (Å²) in [6.45, 7) is 1.08. The van der Waals surface area contributed by atoms with E-state index < -0.39 is 0 Å². The molecule has 1 aromatic rings. The number of piperazine rings is 1. The zero-order valence-electron chi connectivity index (χ0n) is 10.3. The number of hydrogen-bond acceptors (Lipinski definition) is 4. The highest BCUT2D eigenvalue weighted by Crippen LogP contribution is 1.94. The van der Waals surface area contributed by atoms with Crippen molar-refractivity contribution in [1.29, 1.82) is 0 Å². The van der Waals surface area contributed by atoms with Gasteiger partial charge in [-0.25, -0.2) is 0 Å². The van der Waals surface area contributed by atoms with Crippen LogP contribution in [0.3, 0.4) is 0 Å². The van der Waals surface area contributed by atoms with Gasteiger partial charge in [-0.2, -0.15) is 5.10 Å². The third-order valence-electron chi connectivity index (χ3n) is 2.78. The Morgan fingerprint density at radius 3 is 3.11 bits per heavy atom. The summed E-state index contributed by atoms with van der Waals surface area (Å²) in [5.41, 5.74) is 0.947. The van der Waals surface area contributed by atoms with Crippen molar-refractivity contribution in [3.05, 3.63) is 18.0 Å². The minimum atomic E-state index is -0.341. The van der Waals surface area contributed by atoms with Gasteiger partial charge in [0.2, 0.25) is 11.8 Å². The Morgan fingerprint density at radius 2 is 2.50 bits per heavy atom. The van der Waals surface area contributed by atoms with Gasteiger partial charge in [-0.15, -0.1) is 0 Å². The summed E-state index contributed by atoms with van der Waals surface area (Å²) in [6.07, 6.45) is 2.57. The van der Waals surface area contributed by atoms with Crippen LogP contribution in [0.25, 0.3) is 0 Å². The first-order valence-corrected chi connectivity index (χ1v) is 5.91. The Morgan fingerprint density at radius 1 is 1.67 bits per heavy atom. The number of carbonyl (C=O) groups excluding carboxylic acids is 2. The highest BCUT2D eigenvalue weighted by atomic mass is 16.2. The van der Waals surface area contributed by atoms with E-state index in [9.17, 15) is 9.59 Å². The van der Waals surface area contributed by atoms with E-state index in [-0.39, 0.29) is 24.4 Å². The van der Waals surface area contributed by atoms with Crippen LogP contribution in [-0.2, 0) is 23.1 Å². The molecule has 1 saturated heterocycles. The van der Waals surface area contributed by atoms with Gasteiger partial charge >= 0.3 is 0 Å². The predicted octanol–water partition coefficient (Wildman–Crippen LogP) is -1.83. The molecule has 1 unspecified atom stereocenters. The van der Waals surface area contributed by atoms with Crippen molar-refractivity contribution in [2.75, 3.05) is 19.6 Å². The van der Waals surface area contributed by atoms with Crippen LogP contribution in [0.5, 0.6) is 0 Å². The number of aryl methyl sites for hydroxylation is 1. The second kappa shape index (κ2) is 5.63. The minimum Gasteiger partial charge on any atom is -0.354 e. The van der Waals surface area contributed by atoms with Crippen molar-refractivity contribution in [3.63, 3.8) is 0 Å². The first-order chi connectivity index (χ1) is 8.65. The summed E-state index contributed by atoms with van der Waals surface area (Å²) in [4.78, 5) is 22.7. The summed E-state index contributed by atoms with van der Waals surface area (Å²) >= 11 is 0. The molecule has 7 nitrogen and oxygen atoms in total. The molecular formula is C11H17N5O2. The smallest absolute Gasteiger partial charge is 0.238 e. The Kier molecular flexibility index (Phi) is 3.93. The second-order valence-electron chi connectivity index (χ2n) is 4.26. The fraction of sp³-hybridized carbons (Fsp3) is 0.545. The molecule has 1 aliphatic heterocycles. The number of aromatic nitrogens is 2. The second-order valence-corrected chi connectivity index (χ2v) is 4.26. The number of nitrogens with one attached hydrogen (secondary N) is 3. The standard InChI is InChI=1S/C11H17N5O2/c1-16-5-3-8(15-16)2-4-12-11(18)9-6-14-10(17)7-13-9/h3,5,9,13H,2,4,6-7H2,1H3,(H,12,18)(H,14,17). The zero-order chi connectivity index (χ0) is 13.0. The maximum atomic E-state index is 11.7. The lowest BCUT2D eigenvalue weighted by Crippen LogP contribution is -2.58. The Balaban J connectivity index is 1.70. The van der Waals surface area contributed by atoms with Crippen molar-refractivity contribution in [3.8, 4) is 0 Å². The molecule has 2 amide bonds. The fourth-order valence-electron chi connectivity index (χ4n) is 1.79. The van der Waals surface area contributed by atoms with Crippen molar-refractivity contribution in [2.45, 2.75) is 12.5 Å². The Bertz CT molecular complexity index is 432. The van der Waals surface area contributed by atoms with E-state index in [1.165, 1.54) is 0 Å². The molecule has 0 bridgehead atoms. The van der Waals surface area contributed by atoms with Gasteiger partial charge in [0.1, 0.15) is 6.04 Å². The largest absolute Gasteiger partial charge is 0.354 e. The highest BCUT2D eigenvalue weighted by molar-refractivity contribution is 5.86. The zero-order valence-corrected chi connectivity index (χ0v) is 10.3. The SMILES string of the molecule is Cn1ccc(CCNC(=O)C2CNC(=O)CN2)n1. The molecule has 1 aliphatic rings. The van der Waals surface area contributed by atoms with E-state index in [1.54, 1.807) is 4.68 Å². The first-order valence-electron chi connectivity index (χ1n) is 5.91. The van der Waals surface area contributed by atoms with Crippen molar-refractivity contribution in [2.24, 2.45) is 7.05 Å². The van der Waals surface area contributed by atoms with Gasteiger partial charge < -0.3 is 10.6 Å². The third-order valence-corrected chi connectivity index (χ3v) is 2.78. The van der Waals surface area contributed by atoms with E-state index in [4.69, 9.17) is 0 Å². The average Bonchev–Trinajstić information content (AvgIpc) is 2.76. The summed E-state index contributed by atoms with van der Waals surface area (Å²) in [5, 5.41) is 12.6. The number of nitrogens with zero attached hydrogens (tertiary/aromatic N) is 2. The molecule has 0 aliphatic carbocycles. The lowest BCUT2D eigenvalue weighted by molar-refractivity contribution is -0.126. The van der Waals surface area contributed by atoms with Gasteiger partial charge in [0, 0.05) is 32.8 Å². The number of carbonyl (C=O) groups is 2. The maximum absolute atomic E-state index is 11.7. The molecule has 1 atom stereocenters. The van der Waals surface area contributed by atoms with E-state index >= 15 is 0 Å². The summed E-state index contributed by atoms with van der Waals surface area (Å²) in [7, 11) is 1.86. The highest BCUT2D eigenvalue weighted by Gasteiger charge is 2.23. The molecule has 0 spiro atoms. The number of amides is 2. The Hall–Kier alpha value is -1.89. The van der Waals surface area contributed by atoms with Gasteiger partial charge in [-0.05, 0) is 6.07 Å². The molecule has 98 valence electrons. The van der Waals surface area contributed by atoms with Crippen LogP contribution in [0.1, 0.15) is 5.69 Å². The van der Waals surface area contributed by atoms with Gasteiger partial charge in [0.25, 0.3) is 0 Å². The molecule has 3 N–H and O–H groups in total. The molecule has 0 radical (unpaired) electrons. The molecule has 18 heavy (non-hydrogen) atoms.